The molecule has 0 aliphatic rings. The molecule has 1 nitrogen and oxygen atoms in total. The summed E-state index contributed by atoms with van der Waals surface area (Å²) in [6.07, 6.45) is 0. The van der Waals surface area contributed by atoms with Gasteiger partial charge in [0, 0.05) is 24.2 Å². The van der Waals surface area contributed by atoms with Gasteiger partial charge < -0.3 is 5.32 Å². The first-order chi connectivity index (χ1) is 7.29. The van der Waals surface area contributed by atoms with E-state index in [0.29, 0.717) is 5.56 Å². The minimum atomic E-state index is -0.538. The first-order valence-corrected chi connectivity index (χ1v) is 5.48. The molecular weight excluding hydrogens is 208 g/mol. The molecule has 1 rings (SSSR count). The zero-order valence-electron chi connectivity index (χ0n) is 10.3. The van der Waals surface area contributed by atoms with Crippen LogP contribution in [0.15, 0.2) is 18.2 Å². The summed E-state index contributed by atoms with van der Waals surface area (Å²) in [4.78, 5) is 0. The molecule has 1 N–H and O–H groups in total. The highest BCUT2D eigenvalue weighted by atomic mass is 19.1. The fourth-order valence-electron chi connectivity index (χ4n) is 1.42. The second kappa shape index (κ2) is 4.91. The molecule has 0 aliphatic heterocycles. The summed E-state index contributed by atoms with van der Waals surface area (Å²) < 4.78 is 26.2. The Bertz CT molecular complexity index is 355. The van der Waals surface area contributed by atoms with E-state index in [4.69, 9.17) is 0 Å². The lowest BCUT2D eigenvalue weighted by Crippen LogP contribution is -2.29. The van der Waals surface area contributed by atoms with Gasteiger partial charge >= 0.3 is 0 Å². The Hall–Kier alpha value is -0.960. The van der Waals surface area contributed by atoms with E-state index in [1.807, 2.05) is 6.92 Å². The molecule has 0 radical (unpaired) electrons. The van der Waals surface area contributed by atoms with Crippen molar-refractivity contribution in [3.63, 3.8) is 0 Å². The minimum Gasteiger partial charge on any atom is -0.310 e. The van der Waals surface area contributed by atoms with Crippen LogP contribution in [-0.4, -0.2) is 6.54 Å². The van der Waals surface area contributed by atoms with E-state index < -0.39 is 11.6 Å². The molecule has 0 fully saturated rings. The van der Waals surface area contributed by atoms with Crippen LogP contribution in [0.3, 0.4) is 0 Å². The van der Waals surface area contributed by atoms with E-state index in [2.05, 4.69) is 26.1 Å². The lowest BCUT2D eigenvalue weighted by atomic mass is 9.96. The summed E-state index contributed by atoms with van der Waals surface area (Å²) in [5.74, 6) is -1.03. The van der Waals surface area contributed by atoms with Gasteiger partial charge in [0.25, 0.3) is 0 Å². The van der Waals surface area contributed by atoms with Gasteiger partial charge in [-0.05, 0) is 18.4 Å². The van der Waals surface area contributed by atoms with Crippen molar-refractivity contribution in [2.24, 2.45) is 5.41 Å². The maximum absolute atomic E-state index is 13.4. The van der Waals surface area contributed by atoms with Crippen LogP contribution in [-0.2, 0) is 0 Å². The van der Waals surface area contributed by atoms with E-state index in [0.717, 1.165) is 12.6 Å². The predicted octanol–water partition coefficient (Wildman–Crippen LogP) is 3.66. The molecular formula is C13H19F2N. The summed E-state index contributed by atoms with van der Waals surface area (Å²) in [5.41, 5.74) is 0.649. The number of hydrogen-bond donors (Lipinski definition) is 1. The van der Waals surface area contributed by atoms with Crippen molar-refractivity contribution in [2.75, 3.05) is 6.54 Å². The van der Waals surface area contributed by atoms with Gasteiger partial charge in [-0.1, -0.05) is 26.8 Å². The van der Waals surface area contributed by atoms with Crippen LogP contribution in [0, 0.1) is 17.0 Å². The van der Waals surface area contributed by atoms with Crippen LogP contribution in [0.4, 0.5) is 8.78 Å². The Morgan fingerprint density at radius 1 is 1.25 bits per heavy atom. The maximum atomic E-state index is 13.4. The van der Waals surface area contributed by atoms with E-state index in [1.54, 1.807) is 0 Å². The highest BCUT2D eigenvalue weighted by Gasteiger charge is 2.15. The molecule has 0 saturated heterocycles. The Morgan fingerprint density at radius 3 is 2.38 bits per heavy atom. The number of nitrogens with one attached hydrogen (secondary N) is 1. The topological polar surface area (TPSA) is 12.0 Å². The monoisotopic (exact) mass is 227 g/mol. The minimum absolute atomic E-state index is 0.111. The van der Waals surface area contributed by atoms with Gasteiger partial charge in [0.05, 0.1) is 0 Å². The molecule has 1 atom stereocenters. The van der Waals surface area contributed by atoms with Crippen molar-refractivity contribution in [3.05, 3.63) is 35.4 Å². The Morgan fingerprint density at radius 2 is 1.88 bits per heavy atom. The van der Waals surface area contributed by atoms with E-state index in [1.165, 1.54) is 12.1 Å². The van der Waals surface area contributed by atoms with E-state index >= 15 is 0 Å². The Labute approximate surface area is 95.9 Å². The highest BCUT2D eigenvalue weighted by molar-refractivity contribution is 5.21. The molecule has 90 valence electrons. The Kier molecular flexibility index (Phi) is 4.03. The quantitative estimate of drug-likeness (QED) is 0.831. The molecule has 0 saturated carbocycles. The third kappa shape index (κ3) is 3.89. The zero-order chi connectivity index (χ0) is 12.3. The normalized spacial score (nSPS) is 13.9. The van der Waals surface area contributed by atoms with Crippen molar-refractivity contribution < 1.29 is 8.78 Å². The summed E-state index contributed by atoms with van der Waals surface area (Å²) in [5, 5.41) is 3.24. The molecule has 0 spiro atoms. The molecule has 0 bridgehead atoms. The first-order valence-electron chi connectivity index (χ1n) is 5.48. The lowest BCUT2D eigenvalue weighted by Gasteiger charge is -2.23. The lowest BCUT2D eigenvalue weighted by molar-refractivity contribution is 0.356. The third-order valence-electron chi connectivity index (χ3n) is 2.37. The third-order valence-corrected chi connectivity index (χ3v) is 2.37. The van der Waals surface area contributed by atoms with Gasteiger partial charge in [0.1, 0.15) is 11.6 Å². The van der Waals surface area contributed by atoms with Gasteiger partial charge in [-0.3, -0.25) is 0 Å². The van der Waals surface area contributed by atoms with E-state index in [9.17, 15) is 8.78 Å². The van der Waals surface area contributed by atoms with Crippen molar-refractivity contribution in [1.82, 2.24) is 5.32 Å². The van der Waals surface area contributed by atoms with Crippen LogP contribution >= 0.6 is 0 Å². The largest absolute Gasteiger partial charge is 0.310 e. The van der Waals surface area contributed by atoms with Crippen LogP contribution in [0.2, 0.25) is 0 Å². The molecule has 0 aliphatic carbocycles. The molecule has 1 aromatic carbocycles. The van der Waals surface area contributed by atoms with Crippen molar-refractivity contribution in [1.29, 1.82) is 0 Å². The van der Waals surface area contributed by atoms with Crippen LogP contribution in [0.25, 0.3) is 0 Å². The van der Waals surface area contributed by atoms with Crippen LogP contribution in [0.5, 0.6) is 0 Å². The fourth-order valence-corrected chi connectivity index (χ4v) is 1.42. The van der Waals surface area contributed by atoms with Gasteiger partial charge in [-0.25, -0.2) is 8.78 Å². The summed E-state index contributed by atoms with van der Waals surface area (Å²) in [6.45, 7) is 8.97. The zero-order valence-corrected chi connectivity index (χ0v) is 10.3. The van der Waals surface area contributed by atoms with Crippen molar-refractivity contribution in [3.8, 4) is 0 Å². The average molecular weight is 227 g/mol. The molecule has 0 amide bonds. The van der Waals surface area contributed by atoms with Crippen molar-refractivity contribution in [2.45, 2.75) is 33.7 Å². The van der Waals surface area contributed by atoms with E-state index in [-0.39, 0.29) is 11.5 Å². The average Bonchev–Trinajstić information content (AvgIpc) is 2.13. The number of hydrogen-bond acceptors (Lipinski definition) is 1. The smallest absolute Gasteiger partial charge is 0.130 e. The maximum Gasteiger partial charge on any atom is 0.130 e. The molecule has 0 heterocycles. The second-order valence-electron chi connectivity index (χ2n) is 5.33. The fraction of sp³-hybridized carbons (Fsp3) is 0.538. The standard InChI is InChI=1S/C13H19F2N/c1-9(16-8-13(2,3)4)11-6-5-10(14)7-12(11)15/h5-7,9,16H,8H2,1-4H3. The Balaban J connectivity index is 2.70. The van der Waals surface area contributed by atoms with Crippen LogP contribution < -0.4 is 5.32 Å². The van der Waals surface area contributed by atoms with Gasteiger partial charge in [-0.15, -0.1) is 0 Å². The second-order valence-corrected chi connectivity index (χ2v) is 5.33. The van der Waals surface area contributed by atoms with Crippen LogP contribution in [0.1, 0.15) is 39.3 Å². The molecule has 1 aromatic rings. The molecule has 0 aromatic heterocycles. The molecule has 3 heteroatoms. The molecule has 16 heavy (non-hydrogen) atoms. The van der Waals surface area contributed by atoms with Gasteiger partial charge in [-0.2, -0.15) is 0 Å². The number of rotatable bonds is 3. The number of benzene rings is 1. The first kappa shape index (κ1) is 13.1. The van der Waals surface area contributed by atoms with Crippen molar-refractivity contribution >= 4 is 0 Å². The van der Waals surface area contributed by atoms with Gasteiger partial charge in [0.15, 0.2) is 0 Å². The SMILES string of the molecule is CC(NCC(C)(C)C)c1ccc(F)cc1F. The number of halogens is 2. The summed E-state index contributed by atoms with van der Waals surface area (Å²) in [6, 6.07) is 3.59. The summed E-state index contributed by atoms with van der Waals surface area (Å²) >= 11 is 0. The van der Waals surface area contributed by atoms with Gasteiger partial charge in [0.2, 0.25) is 0 Å². The summed E-state index contributed by atoms with van der Waals surface area (Å²) in [7, 11) is 0. The predicted molar refractivity (Wildman–Crippen MR) is 62.2 cm³/mol. The highest BCUT2D eigenvalue weighted by Crippen LogP contribution is 2.19. The molecule has 1 unspecified atom stereocenters.